The third-order valence-corrected chi connectivity index (χ3v) is 3.75. The molecule has 1 N–H and O–H groups in total. The minimum atomic E-state index is 0.147. The molecule has 0 saturated heterocycles. The van der Waals surface area contributed by atoms with Gasteiger partial charge < -0.3 is 9.67 Å². The molecule has 0 amide bonds. The summed E-state index contributed by atoms with van der Waals surface area (Å²) in [7, 11) is 0. The lowest BCUT2D eigenvalue weighted by Crippen LogP contribution is -2.27. The Morgan fingerprint density at radius 1 is 1.19 bits per heavy atom. The number of aliphatic hydroxyl groups is 1. The zero-order chi connectivity index (χ0) is 15.2. The first-order valence-corrected chi connectivity index (χ1v) is 7.98. The van der Waals surface area contributed by atoms with Gasteiger partial charge in [0.05, 0.1) is 24.2 Å². The van der Waals surface area contributed by atoms with Crippen molar-refractivity contribution in [3.8, 4) is 0 Å². The van der Waals surface area contributed by atoms with Gasteiger partial charge in [-0.05, 0) is 50.6 Å². The van der Waals surface area contributed by atoms with Crippen molar-refractivity contribution in [1.29, 1.82) is 0 Å². The smallest absolute Gasteiger partial charge is 0.124 e. The molecule has 4 heteroatoms. The molecule has 2 aromatic rings. The lowest BCUT2D eigenvalue weighted by molar-refractivity contribution is 0.246. The number of fused-ring (bicyclic) bond motifs is 1. The maximum atomic E-state index is 9.36. The predicted octanol–water partition coefficient (Wildman–Crippen LogP) is 2.96. The fourth-order valence-corrected chi connectivity index (χ4v) is 2.86. The summed E-state index contributed by atoms with van der Waals surface area (Å²) in [6.45, 7) is 10.3. The van der Waals surface area contributed by atoms with E-state index in [4.69, 9.17) is 4.98 Å². The van der Waals surface area contributed by atoms with Crippen LogP contribution in [0.15, 0.2) is 18.2 Å². The van der Waals surface area contributed by atoms with Crippen LogP contribution in [0.1, 0.15) is 38.1 Å². The molecule has 0 radical (unpaired) electrons. The van der Waals surface area contributed by atoms with Gasteiger partial charge in [0.15, 0.2) is 0 Å². The third-order valence-electron chi connectivity index (χ3n) is 3.75. The molecule has 0 aliphatic carbocycles. The van der Waals surface area contributed by atoms with E-state index in [1.54, 1.807) is 0 Å². The molecular formula is C17H27N3O. The van der Waals surface area contributed by atoms with Crippen LogP contribution in [0.2, 0.25) is 0 Å². The highest BCUT2D eigenvalue weighted by Gasteiger charge is 2.13. The van der Waals surface area contributed by atoms with E-state index in [0.29, 0.717) is 6.54 Å². The number of rotatable bonds is 8. The van der Waals surface area contributed by atoms with Gasteiger partial charge in [-0.2, -0.15) is 0 Å². The Hall–Kier alpha value is -1.39. The Morgan fingerprint density at radius 2 is 1.90 bits per heavy atom. The van der Waals surface area contributed by atoms with E-state index in [2.05, 4.69) is 48.4 Å². The van der Waals surface area contributed by atoms with E-state index in [0.717, 1.165) is 49.3 Å². The van der Waals surface area contributed by atoms with Gasteiger partial charge in [0.2, 0.25) is 0 Å². The largest absolute Gasteiger partial charge is 0.395 e. The zero-order valence-corrected chi connectivity index (χ0v) is 13.5. The SMILES string of the molecule is CCCN(CCC)Cc1nc2cc(C)ccc2n1CCO. The molecule has 2 rings (SSSR count). The van der Waals surface area contributed by atoms with Crippen molar-refractivity contribution in [3.05, 3.63) is 29.6 Å². The van der Waals surface area contributed by atoms with Crippen molar-refractivity contribution < 1.29 is 5.11 Å². The second-order valence-electron chi connectivity index (χ2n) is 5.67. The second kappa shape index (κ2) is 7.57. The van der Waals surface area contributed by atoms with Gasteiger partial charge in [-0.1, -0.05) is 19.9 Å². The van der Waals surface area contributed by atoms with E-state index in [-0.39, 0.29) is 6.61 Å². The van der Waals surface area contributed by atoms with E-state index in [1.165, 1.54) is 5.56 Å². The van der Waals surface area contributed by atoms with Crippen molar-refractivity contribution in [2.24, 2.45) is 0 Å². The van der Waals surface area contributed by atoms with Crippen LogP contribution in [0.4, 0.5) is 0 Å². The molecule has 0 bridgehead atoms. The molecule has 0 saturated carbocycles. The highest BCUT2D eigenvalue weighted by molar-refractivity contribution is 5.76. The molecule has 0 atom stereocenters. The van der Waals surface area contributed by atoms with Gasteiger partial charge in [0.1, 0.15) is 5.82 Å². The number of aromatic nitrogens is 2. The fourth-order valence-electron chi connectivity index (χ4n) is 2.86. The predicted molar refractivity (Wildman–Crippen MR) is 87.4 cm³/mol. The summed E-state index contributed by atoms with van der Waals surface area (Å²) in [5, 5.41) is 9.36. The summed E-state index contributed by atoms with van der Waals surface area (Å²) in [6.07, 6.45) is 2.30. The normalized spacial score (nSPS) is 11.7. The number of nitrogens with zero attached hydrogens (tertiary/aromatic N) is 3. The highest BCUT2D eigenvalue weighted by Crippen LogP contribution is 2.19. The van der Waals surface area contributed by atoms with Crippen LogP contribution in [-0.2, 0) is 13.1 Å². The zero-order valence-electron chi connectivity index (χ0n) is 13.5. The molecule has 1 heterocycles. The maximum absolute atomic E-state index is 9.36. The summed E-state index contributed by atoms with van der Waals surface area (Å²) in [4.78, 5) is 7.25. The second-order valence-corrected chi connectivity index (χ2v) is 5.67. The first-order valence-electron chi connectivity index (χ1n) is 7.98. The molecule has 21 heavy (non-hydrogen) atoms. The molecule has 1 aromatic carbocycles. The average Bonchev–Trinajstić information content (AvgIpc) is 2.77. The van der Waals surface area contributed by atoms with Crippen molar-refractivity contribution in [2.75, 3.05) is 19.7 Å². The van der Waals surface area contributed by atoms with Crippen LogP contribution in [0.25, 0.3) is 11.0 Å². The van der Waals surface area contributed by atoms with Crippen molar-refractivity contribution in [3.63, 3.8) is 0 Å². The Bertz CT molecular complexity index is 571. The van der Waals surface area contributed by atoms with Crippen molar-refractivity contribution in [2.45, 2.75) is 46.7 Å². The van der Waals surface area contributed by atoms with Crippen LogP contribution in [0.5, 0.6) is 0 Å². The van der Waals surface area contributed by atoms with Gasteiger partial charge in [-0.15, -0.1) is 0 Å². The van der Waals surface area contributed by atoms with Crippen LogP contribution in [-0.4, -0.2) is 39.3 Å². The lowest BCUT2D eigenvalue weighted by Gasteiger charge is -2.21. The molecule has 0 aliphatic heterocycles. The van der Waals surface area contributed by atoms with Crippen LogP contribution < -0.4 is 0 Å². The van der Waals surface area contributed by atoms with Gasteiger partial charge in [-0.3, -0.25) is 4.90 Å². The average molecular weight is 289 g/mol. The van der Waals surface area contributed by atoms with Crippen LogP contribution >= 0.6 is 0 Å². The van der Waals surface area contributed by atoms with Gasteiger partial charge in [-0.25, -0.2) is 4.98 Å². The van der Waals surface area contributed by atoms with Gasteiger partial charge in [0.25, 0.3) is 0 Å². The molecule has 0 unspecified atom stereocenters. The fraction of sp³-hybridized carbons (Fsp3) is 0.588. The number of benzene rings is 1. The van der Waals surface area contributed by atoms with Gasteiger partial charge in [0, 0.05) is 6.54 Å². The van der Waals surface area contributed by atoms with E-state index >= 15 is 0 Å². The summed E-state index contributed by atoms with van der Waals surface area (Å²) in [5.41, 5.74) is 3.38. The third kappa shape index (κ3) is 3.83. The Morgan fingerprint density at radius 3 is 2.52 bits per heavy atom. The molecular weight excluding hydrogens is 262 g/mol. The first-order chi connectivity index (χ1) is 10.2. The Kier molecular flexibility index (Phi) is 5.76. The van der Waals surface area contributed by atoms with E-state index < -0.39 is 0 Å². The number of hydrogen-bond acceptors (Lipinski definition) is 3. The quantitative estimate of drug-likeness (QED) is 0.812. The number of hydrogen-bond donors (Lipinski definition) is 1. The number of aliphatic hydroxyl groups excluding tert-OH is 1. The van der Waals surface area contributed by atoms with Crippen LogP contribution in [0.3, 0.4) is 0 Å². The summed E-state index contributed by atoms with van der Waals surface area (Å²) < 4.78 is 2.16. The summed E-state index contributed by atoms with van der Waals surface area (Å²) in [5.74, 6) is 1.06. The minimum absolute atomic E-state index is 0.147. The summed E-state index contributed by atoms with van der Waals surface area (Å²) in [6, 6.07) is 6.34. The molecule has 0 fully saturated rings. The molecule has 4 nitrogen and oxygen atoms in total. The Labute approximate surface area is 127 Å². The maximum Gasteiger partial charge on any atom is 0.124 e. The first kappa shape index (κ1) is 16.0. The number of aryl methyl sites for hydroxylation is 1. The molecule has 0 aliphatic rings. The molecule has 1 aromatic heterocycles. The summed E-state index contributed by atoms with van der Waals surface area (Å²) >= 11 is 0. The van der Waals surface area contributed by atoms with E-state index in [9.17, 15) is 5.11 Å². The molecule has 116 valence electrons. The Balaban J connectivity index is 2.34. The van der Waals surface area contributed by atoms with Crippen molar-refractivity contribution >= 4 is 11.0 Å². The van der Waals surface area contributed by atoms with E-state index in [1.807, 2.05) is 0 Å². The standard InChI is InChI=1S/C17H27N3O/c1-4-8-19(9-5-2)13-17-18-15-12-14(3)6-7-16(15)20(17)10-11-21/h6-7,12,21H,4-5,8-11,13H2,1-3H3. The lowest BCUT2D eigenvalue weighted by atomic mass is 10.2. The molecule has 0 spiro atoms. The number of imidazole rings is 1. The topological polar surface area (TPSA) is 41.3 Å². The van der Waals surface area contributed by atoms with Crippen LogP contribution in [0, 0.1) is 6.92 Å². The van der Waals surface area contributed by atoms with Crippen molar-refractivity contribution in [1.82, 2.24) is 14.5 Å². The minimum Gasteiger partial charge on any atom is -0.395 e. The van der Waals surface area contributed by atoms with Gasteiger partial charge >= 0.3 is 0 Å². The monoisotopic (exact) mass is 289 g/mol. The highest BCUT2D eigenvalue weighted by atomic mass is 16.3.